The molecule has 0 aliphatic heterocycles. The Balaban J connectivity index is 2.04. The molecule has 6 heteroatoms. The molecule has 1 aromatic rings. The Kier molecular flexibility index (Phi) is 19.3. The lowest BCUT2D eigenvalue weighted by Crippen LogP contribution is -2.42. The molecule has 2 atom stereocenters. The van der Waals surface area contributed by atoms with Gasteiger partial charge < -0.3 is 19.8 Å². The second-order valence-corrected chi connectivity index (χ2v) is 10.1. The molecule has 0 aliphatic carbocycles. The summed E-state index contributed by atoms with van der Waals surface area (Å²) < 4.78 is 5.54. The molecule has 0 aromatic heterocycles. The molecular weight excluding hydrogens is 454 g/mol. The fourth-order valence-corrected chi connectivity index (χ4v) is 4.42. The molecule has 0 bridgehead atoms. The number of rotatable bonds is 23. The van der Waals surface area contributed by atoms with E-state index in [1.54, 1.807) is 0 Å². The van der Waals surface area contributed by atoms with Gasteiger partial charge in [-0.2, -0.15) is 0 Å². The van der Waals surface area contributed by atoms with Gasteiger partial charge in [-0.25, -0.2) is 4.79 Å². The zero-order chi connectivity index (χ0) is 26.4. The number of unbranched alkanes of at least 4 members (excludes halogenated alkanes) is 15. The minimum absolute atomic E-state index is 0.293. The quantitative estimate of drug-likeness (QED) is 0.0918. The van der Waals surface area contributed by atoms with Gasteiger partial charge in [0.25, 0.3) is 0 Å². The maximum Gasteiger partial charge on any atom is 0.363 e. The molecule has 2 unspecified atom stereocenters. The SMILES string of the molecule is CCCCCCCCCCCCCCCCCCc1cccc(OCC(=O)ON(C(C)O)C(C)O)c1. The predicted octanol–water partition coefficient (Wildman–Crippen LogP) is 7.31. The Morgan fingerprint density at radius 1 is 0.778 bits per heavy atom. The van der Waals surface area contributed by atoms with Gasteiger partial charge >= 0.3 is 5.97 Å². The molecule has 0 radical (unpaired) electrons. The monoisotopic (exact) mass is 507 g/mol. The third-order valence-electron chi connectivity index (χ3n) is 6.52. The van der Waals surface area contributed by atoms with Crippen molar-refractivity contribution in [1.82, 2.24) is 5.06 Å². The van der Waals surface area contributed by atoms with Gasteiger partial charge in [0.1, 0.15) is 18.2 Å². The summed E-state index contributed by atoms with van der Waals surface area (Å²) in [7, 11) is 0. The number of hydrogen-bond donors (Lipinski definition) is 2. The van der Waals surface area contributed by atoms with Crippen molar-refractivity contribution in [3.05, 3.63) is 29.8 Å². The molecule has 6 nitrogen and oxygen atoms in total. The Bertz CT molecular complexity index is 656. The summed E-state index contributed by atoms with van der Waals surface area (Å²) >= 11 is 0. The van der Waals surface area contributed by atoms with Crippen molar-refractivity contribution in [2.75, 3.05) is 6.61 Å². The number of aryl methyl sites for hydroxylation is 1. The summed E-state index contributed by atoms with van der Waals surface area (Å²) in [5.41, 5.74) is 1.20. The zero-order valence-corrected chi connectivity index (χ0v) is 23.3. The number of carbonyl (C=O) groups is 1. The summed E-state index contributed by atoms with van der Waals surface area (Å²) in [6.07, 6.45) is 20.6. The Morgan fingerprint density at radius 2 is 1.25 bits per heavy atom. The van der Waals surface area contributed by atoms with Crippen LogP contribution >= 0.6 is 0 Å². The number of hydrogen-bond acceptors (Lipinski definition) is 6. The molecule has 0 fully saturated rings. The number of ether oxygens (including phenoxy) is 1. The van der Waals surface area contributed by atoms with Gasteiger partial charge in [0.15, 0.2) is 6.61 Å². The molecule has 0 spiro atoms. The lowest BCUT2D eigenvalue weighted by molar-refractivity contribution is -0.277. The number of carbonyl (C=O) groups excluding carboxylic acids is 1. The highest BCUT2D eigenvalue weighted by atomic mass is 16.7. The summed E-state index contributed by atoms with van der Waals surface area (Å²) in [4.78, 5) is 16.9. The van der Waals surface area contributed by atoms with Crippen molar-refractivity contribution in [2.24, 2.45) is 0 Å². The lowest BCUT2D eigenvalue weighted by Gasteiger charge is -2.25. The van der Waals surface area contributed by atoms with Crippen LogP contribution in [-0.2, 0) is 16.1 Å². The van der Waals surface area contributed by atoms with E-state index in [0.29, 0.717) is 5.75 Å². The fraction of sp³-hybridized carbons (Fsp3) is 0.767. The fourth-order valence-electron chi connectivity index (χ4n) is 4.42. The largest absolute Gasteiger partial charge is 0.482 e. The van der Waals surface area contributed by atoms with Gasteiger partial charge in [0.05, 0.1) is 0 Å². The summed E-state index contributed by atoms with van der Waals surface area (Å²) in [6, 6.07) is 7.78. The second-order valence-electron chi connectivity index (χ2n) is 10.1. The number of hydroxylamine groups is 2. The summed E-state index contributed by atoms with van der Waals surface area (Å²) in [5, 5.41) is 19.9. The van der Waals surface area contributed by atoms with Crippen LogP contribution in [0.1, 0.15) is 129 Å². The summed E-state index contributed by atoms with van der Waals surface area (Å²) in [6.45, 7) is 4.80. The topological polar surface area (TPSA) is 79.2 Å². The van der Waals surface area contributed by atoms with Crippen molar-refractivity contribution in [2.45, 2.75) is 142 Å². The van der Waals surface area contributed by atoms with E-state index in [2.05, 4.69) is 13.0 Å². The molecule has 208 valence electrons. The molecule has 0 saturated carbocycles. The van der Waals surface area contributed by atoms with Crippen LogP contribution in [0, 0.1) is 0 Å². The summed E-state index contributed by atoms with van der Waals surface area (Å²) in [5.74, 6) is -0.0680. The smallest absolute Gasteiger partial charge is 0.363 e. The second kappa shape index (κ2) is 21.5. The normalized spacial score (nSPS) is 13.1. The van der Waals surface area contributed by atoms with Gasteiger partial charge in [-0.3, -0.25) is 0 Å². The molecule has 1 rings (SSSR count). The highest BCUT2D eigenvalue weighted by Gasteiger charge is 2.21. The molecular formula is C30H53NO5. The van der Waals surface area contributed by atoms with Crippen molar-refractivity contribution in [3.63, 3.8) is 0 Å². The minimum atomic E-state index is -1.11. The average Bonchev–Trinajstić information content (AvgIpc) is 2.85. The third kappa shape index (κ3) is 16.9. The Hall–Kier alpha value is -1.63. The van der Waals surface area contributed by atoms with E-state index in [-0.39, 0.29) is 6.61 Å². The first kappa shape index (κ1) is 32.4. The average molecular weight is 508 g/mol. The molecule has 0 amide bonds. The first-order chi connectivity index (χ1) is 17.4. The number of benzene rings is 1. The minimum Gasteiger partial charge on any atom is -0.482 e. The standard InChI is InChI=1S/C30H53NO5/c1-4-5-6-7-8-9-10-11-12-13-14-15-16-17-18-19-21-28-22-20-23-29(24-28)35-25-30(34)36-31(26(2)32)27(3)33/h20,22-24,26-27,32-33H,4-19,21,25H2,1-3H3. The molecule has 2 N–H and O–H groups in total. The Morgan fingerprint density at radius 3 is 1.72 bits per heavy atom. The van der Waals surface area contributed by atoms with Crippen molar-refractivity contribution < 1.29 is 24.6 Å². The number of aliphatic hydroxyl groups excluding tert-OH is 2. The Labute approximate surface area is 220 Å². The van der Waals surface area contributed by atoms with Crippen LogP contribution in [0.2, 0.25) is 0 Å². The predicted molar refractivity (Wildman–Crippen MR) is 146 cm³/mol. The van der Waals surface area contributed by atoms with Gasteiger partial charge in [-0.15, -0.1) is 0 Å². The van der Waals surface area contributed by atoms with E-state index < -0.39 is 18.4 Å². The third-order valence-corrected chi connectivity index (χ3v) is 6.52. The van der Waals surface area contributed by atoms with Crippen molar-refractivity contribution in [3.8, 4) is 5.75 Å². The van der Waals surface area contributed by atoms with Crippen LogP contribution < -0.4 is 4.74 Å². The van der Waals surface area contributed by atoms with Crippen LogP contribution in [-0.4, -0.2) is 40.3 Å². The van der Waals surface area contributed by atoms with Gasteiger partial charge in [0.2, 0.25) is 0 Å². The van der Waals surface area contributed by atoms with E-state index >= 15 is 0 Å². The van der Waals surface area contributed by atoms with E-state index in [1.807, 2.05) is 18.2 Å². The van der Waals surface area contributed by atoms with Crippen molar-refractivity contribution in [1.29, 1.82) is 0 Å². The zero-order valence-electron chi connectivity index (χ0n) is 23.3. The van der Waals surface area contributed by atoms with Crippen LogP contribution in [0.25, 0.3) is 0 Å². The lowest BCUT2D eigenvalue weighted by atomic mass is 10.0. The van der Waals surface area contributed by atoms with Crippen LogP contribution in [0.4, 0.5) is 0 Å². The van der Waals surface area contributed by atoms with E-state index in [0.717, 1.165) is 17.9 Å². The molecule has 1 aromatic carbocycles. The van der Waals surface area contributed by atoms with Gasteiger partial charge in [-0.05, 0) is 44.4 Å². The molecule has 0 heterocycles. The molecule has 36 heavy (non-hydrogen) atoms. The van der Waals surface area contributed by atoms with E-state index in [9.17, 15) is 15.0 Å². The maximum absolute atomic E-state index is 11.9. The van der Waals surface area contributed by atoms with Crippen LogP contribution in [0.5, 0.6) is 5.75 Å². The van der Waals surface area contributed by atoms with Crippen LogP contribution in [0.15, 0.2) is 24.3 Å². The first-order valence-corrected chi connectivity index (χ1v) is 14.5. The number of aliphatic hydroxyl groups is 2. The van der Waals surface area contributed by atoms with Gasteiger partial charge in [0, 0.05) is 0 Å². The van der Waals surface area contributed by atoms with E-state index in [4.69, 9.17) is 9.57 Å². The first-order valence-electron chi connectivity index (χ1n) is 14.5. The van der Waals surface area contributed by atoms with Gasteiger partial charge in [-0.1, -0.05) is 120 Å². The maximum atomic E-state index is 11.9. The van der Waals surface area contributed by atoms with Crippen LogP contribution in [0.3, 0.4) is 0 Å². The highest BCUT2D eigenvalue weighted by molar-refractivity contribution is 5.70. The van der Waals surface area contributed by atoms with E-state index in [1.165, 1.54) is 116 Å². The molecule has 0 saturated heterocycles. The highest BCUT2D eigenvalue weighted by Crippen LogP contribution is 2.17. The van der Waals surface area contributed by atoms with Crippen molar-refractivity contribution >= 4 is 5.97 Å². The number of nitrogens with zero attached hydrogens (tertiary/aromatic N) is 1. The molecule has 0 aliphatic rings.